The first kappa shape index (κ1) is 13.8. The normalized spacial score (nSPS) is 21.3. The van der Waals surface area contributed by atoms with E-state index in [-0.39, 0.29) is 12.5 Å². The highest BCUT2D eigenvalue weighted by Gasteiger charge is 2.27. The van der Waals surface area contributed by atoms with Crippen molar-refractivity contribution in [3.63, 3.8) is 0 Å². The number of urea groups is 1. The van der Waals surface area contributed by atoms with Crippen LogP contribution < -0.4 is 5.32 Å². The summed E-state index contributed by atoms with van der Waals surface area (Å²) in [5.41, 5.74) is 0. The van der Waals surface area contributed by atoms with Crippen LogP contribution in [0, 0.1) is 5.92 Å². The minimum absolute atomic E-state index is 0.279. The molecule has 0 saturated carbocycles. The monoisotopic (exact) mass is 244 g/mol. The lowest BCUT2D eigenvalue weighted by Crippen LogP contribution is -2.47. The molecule has 2 atom stereocenters. The first-order valence-corrected chi connectivity index (χ1v) is 5.81. The fraction of sp³-hybridized carbons (Fsp3) is 0.818. The first-order chi connectivity index (χ1) is 8.04. The van der Waals surface area contributed by atoms with Crippen LogP contribution in [-0.4, -0.2) is 54.9 Å². The predicted molar refractivity (Wildman–Crippen MR) is 61.8 cm³/mol. The van der Waals surface area contributed by atoms with Crippen LogP contribution in [0.3, 0.4) is 0 Å². The molecule has 0 aromatic heterocycles. The second-order valence-electron chi connectivity index (χ2n) is 4.46. The maximum Gasteiger partial charge on any atom is 0.326 e. The van der Waals surface area contributed by atoms with Gasteiger partial charge in [0.25, 0.3) is 0 Å². The van der Waals surface area contributed by atoms with Crippen molar-refractivity contribution in [2.75, 3.05) is 26.8 Å². The molecule has 17 heavy (non-hydrogen) atoms. The second-order valence-corrected chi connectivity index (χ2v) is 4.46. The minimum atomic E-state index is -1.03. The lowest BCUT2D eigenvalue weighted by atomic mass is 10.2. The van der Waals surface area contributed by atoms with E-state index in [1.165, 1.54) is 7.11 Å². The van der Waals surface area contributed by atoms with E-state index < -0.39 is 12.0 Å². The summed E-state index contributed by atoms with van der Waals surface area (Å²) in [7, 11) is 1.50. The standard InChI is InChI=1S/C11H20N2O4/c1-8-3-5-13(7-8)11(16)12-9(10(14)15)4-6-17-2/h8-9H,3-7H2,1-2H3,(H,12,16)(H,14,15). The number of hydrogen-bond acceptors (Lipinski definition) is 3. The maximum atomic E-state index is 11.8. The van der Waals surface area contributed by atoms with Crippen molar-refractivity contribution >= 4 is 12.0 Å². The molecule has 0 aromatic rings. The average Bonchev–Trinajstić information content (AvgIpc) is 2.70. The Morgan fingerprint density at radius 3 is 2.76 bits per heavy atom. The van der Waals surface area contributed by atoms with Crippen LogP contribution in [0.25, 0.3) is 0 Å². The summed E-state index contributed by atoms with van der Waals surface area (Å²) in [6.07, 6.45) is 1.25. The number of likely N-dealkylation sites (tertiary alicyclic amines) is 1. The van der Waals surface area contributed by atoms with E-state index in [1.807, 2.05) is 0 Å². The maximum absolute atomic E-state index is 11.8. The summed E-state index contributed by atoms with van der Waals surface area (Å²) >= 11 is 0. The van der Waals surface area contributed by atoms with E-state index in [0.717, 1.165) is 6.42 Å². The number of carbonyl (C=O) groups excluding carboxylic acids is 1. The van der Waals surface area contributed by atoms with Crippen LogP contribution in [0.1, 0.15) is 19.8 Å². The van der Waals surface area contributed by atoms with Crippen LogP contribution in [0.4, 0.5) is 4.79 Å². The van der Waals surface area contributed by atoms with Gasteiger partial charge in [-0.3, -0.25) is 0 Å². The van der Waals surface area contributed by atoms with Gasteiger partial charge in [-0.15, -0.1) is 0 Å². The van der Waals surface area contributed by atoms with Gasteiger partial charge in [0.05, 0.1) is 0 Å². The molecular formula is C11H20N2O4. The number of hydrogen-bond donors (Lipinski definition) is 2. The number of aliphatic carboxylic acids is 1. The van der Waals surface area contributed by atoms with Crippen molar-refractivity contribution in [1.82, 2.24) is 10.2 Å². The second kappa shape index (κ2) is 6.44. The molecule has 6 heteroatoms. The van der Waals surface area contributed by atoms with E-state index in [4.69, 9.17) is 9.84 Å². The zero-order chi connectivity index (χ0) is 12.8. The summed E-state index contributed by atoms with van der Waals surface area (Å²) < 4.78 is 4.82. The summed E-state index contributed by atoms with van der Waals surface area (Å²) in [5.74, 6) is -0.536. The fourth-order valence-corrected chi connectivity index (χ4v) is 1.85. The molecule has 2 unspecified atom stereocenters. The molecule has 0 spiro atoms. The summed E-state index contributed by atoms with van der Waals surface area (Å²) in [5, 5.41) is 11.5. The number of carboxylic acids is 1. The van der Waals surface area contributed by atoms with E-state index >= 15 is 0 Å². The van der Waals surface area contributed by atoms with Gasteiger partial charge in [-0.1, -0.05) is 6.92 Å². The number of nitrogens with one attached hydrogen (secondary N) is 1. The van der Waals surface area contributed by atoms with Gasteiger partial charge in [0.1, 0.15) is 6.04 Å². The third kappa shape index (κ3) is 4.22. The Morgan fingerprint density at radius 1 is 1.59 bits per heavy atom. The molecule has 0 radical (unpaired) electrons. The van der Waals surface area contributed by atoms with Gasteiger partial charge in [0.15, 0.2) is 0 Å². The van der Waals surface area contributed by atoms with E-state index in [0.29, 0.717) is 25.6 Å². The Balaban J connectivity index is 2.43. The van der Waals surface area contributed by atoms with Crippen LogP contribution in [0.15, 0.2) is 0 Å². The molecule has 1 aliphatic heterocycles. The number of ether oxygens (including phenoxy) is 1. The van der Waals surface area contributed by atoms with Gasteiger partial charge in [-0.25, -0.2) is 9.59 Å². The Kier molecular flexibility index (Phi) is 5.21. The largest absolute Gasteiger partial charge is 0.480 e. The third-order valence-electron chi connectivity index (χ3n) is 2.92. The van der Waals surface area contributed by atoms with Crippen molar-refractivity contribution in [2.45, 2.75) is 25.8 Å². The highest BCUT2D eigenvalue weighted by molar-refractivity contribution is 5.82. The molecule has 0 aliphatic carbocycles. The van der Waals surface area contributed by atoms with Crippen molar-refractivity contribution in [3.05, 3.63) is 0 Å². The van der Waals surface area contributed by atoms with E-state index in [2.05, 4.69) is 12.2 Å². The quantitative estimate of drug-likeness (QED) is 0.739. The van der Waals surface area contributed by atoms with Gasteiger partial charge in [-0.2, -0.15) is 0 Å². The SMILES string of the molecule is COCCC(NC(=O)N1CCC(C)C1)C(=O)O. The van der Waals surface area contributed by atoms with Gasteiger partial charge in [0, 0.05) is 33.2 Å². The molecule has 6 nitrogen and oxygen atoms in total. The Bertz CT molecular complexity index is 283. The molecule has 2 amide bonds. The van der Waals surface area contributed by atoms with E-state index in [1.54, 1.807) is 4.90 Å². The Hall–Kier alpha value is -1.30. The molecule has 1 heterocycles. The zero-order valence-corrected chi connectivity index (χ0v) is 10.3. The summed E-state index contributed by atoms with van der Waals surface area (Å²) in [6.45, 7) is 3.78. The Morgan fingerprint density at radius 2 is 2.29 bits per heavy atom. The average molecular weight is 244 g/mol. The molecular weight excluding hydrogens is 224 g/mol. The topological polar surface area (TPSA) is 78.9 Å². The number of nitrogens with zero attached hydrogens (tertiary/aromatic N) is 1. The van der Waals surface area contributed by atoms with E-state index in [9.17, 15) is 9.59 Å². The number of methoxy groups -OCH3 is 1. The third-order valence-corrected chi connectivity index (χ3v) is 2.92. The lowest BCUT2D eigenvalue weighted by Gasteiger charge is -2.20. The molecule has 0 bridgehead atoms. The smallest absolute Gasteiger partial charge is 0.326 e. The van der Waals surface area contributed by atoms with Crippen LogP contribution in [0.5, 0.6) is 0 Å². The highest BCUT2D eigenvalue weighted by atomic mass is 16.5. The van der Waals surface area contributed by atoms with Crippen LogP contribution in [0.2, 0.25) is 0 Å². The van der Waals surface area contributed by atoms with Crippen molar-refractivity contribution in [1.29, 1.82) is 0 Å². The van der Waals surface area contributed by atoms with Gasteiger partial charge >= 0.3 is 12.0 Å². The Labute approximate surface area is 101 Å². The van der Waals surface area contributed by atoms with Gasteiger partial charge in [0.2, 0.25) is 0 Å². The highest BCUT2D eigenvalue weighted by Crippen LogP contribution is 2.14. The number of rotatable bonds is 5. The molecule has 1 saturated heterocycles. The lowest BCUT2D eigenvalue weighted by molar-refractivity contribution is -0.139. The van der Waals surface area contributed by atoms with Crippen LogP contribution >= 0.6 is 0 Å². The molecule has 2 N–H and O–H groups in total. The van der Waals surface area contributed by atoms with Gasteiger partial charge in [-0.05, 0) is 12.3 Å². The molecule has 0 aromatic carbocycles. The summed E-state index contributed by atoms with van der Waals surface area (Å²) in [4.78, 5) is 24.4. The minimum Gasteiger partial charge on any atom is -0.480 e. The predicted octanol–water partition coefficient (Wildman–Crippen LogP) is 0.527. The van der Waals surface area contributed by atoms with Crippen molar-refractivity contribution in [2.24, 2.45) is 5.92 Å². The zero-order valence-electron chi connectivity index (χ0n) is 10.3. The first-order valence-electron chi connectivity index (χ1n) is 5.81. The molecule has 1 rings (SSSR count). The van der Waals surface area contributed by atoms with Crippen LogP contribution in [-0.2, 0) is 9.53 Å². The number of amides is 2. The van der Waals surface area contributed by atoms with Gasteiger partial charge < -0.3 is 20.1 Å². The molecule has 1 aliphatic rings. The number of carbonyl (C=O) groups is 2. The molecule has 1 fully saturated rings. The van der Waals surface area contributed by atoms with Crippen molar-refractivity contribution < 1.29 is 19.4 Å². The molecule has 98 valence electrons. The van der Waals surface area contributed by atoms with Crippen molar-refractivity contribution in [3.8, 4) is 0 Å². The fourth-order valence-electron chi connectivity index (χ4n) is 1.85. The number of carboxylic acid groups (broad SMARTS) is 1. The summed E-state index contributed by atoms with van der Waals surface area (Å²) in [6, 6.07) is -1.17.